The van der Waals surface area contributed by atoms with Crippen molar-refractivity contribution in [3.8, 4) is 33.4 Å². The lowest BCUT2D eigenvalue weighted by Gasteiger charge is -2.20. The van der Waals surface area contributed by atoms with Gasteiger partial charge in [0.1, 0.15) is 10.6 Å². The number of imidazole rings is 1. The van der Waals surface area contributed by atoms with E-state index in [1.54, 1.807) is 24.6 Å². The summed E-state index contributed by atoms with van der Waals surface area (Å²) in [5, 5.41) is 1.04. The third kappa shape index (κ3) is 3.61. The second kappa shape index (κ2) is 8.53. The molecule has 1 aliphatic carbocycles. The summed E-state index contributed by atoms with van der Waals surface area (Å²) in [6.45, 7) is 1.66. The summed E-state index contributed by atoms with van der Waals surface area (Å²) in [5.74, 6) is 4.36. The van der Waals surface area contributed by atoms with Crippen LogP contribution >= 0.6 is 11.3 Å². The highest BCUT2D eigenvalue weighted by Crippen LogP contribution is 2.49. The molecule has 7 rings (SSSR count). The van der Waals surface area contributed by atoms with Gasteiger partial charge in [0.2, 0.25) is 0 Å². The summed E-state index contributed by atoms with van der Waals surface area (Å²) in [6.07, 6.45) is 9.01. The highest BCUT2D eigenvalue weighted by atomic mass is 32.1. The van der Waals surface area contributed by atoms with Gasteiger partial charge in [-0.1, -0.05) is 30.3 Å². The van der Waals surface area contributed by atoms with Gasteiger partial charge >= 0.3 is 0 Å². The molecule has 8 nitrogen and oxygen atoms in total. The van der Waals surface area contributed by atoms with E-state index in [1.807, 2.05) is 30.1 Å². The van der Waals surface area contributed by atoms with Crippen LogP contribution in [0.2, 0.25) is 0 Å². The highest BCUT2D eigenvalue weighted by molar-refractivity contribution is 7.22. The number of thiophene rings is 1. The number of aromatic nitrogens is 5. The number of oxazole rings is 1. The Balaban J connectivity index is 1.50. The second-order valence-corrected chi connectivity index (χ2v) is 10.5. The standard InChI is InChI=1S/C27H26N6O2S/c1-32-13-11-28-25(32)23-30-24(33-12-10-18(15-33)34-2)21-20(16-6-4-3-5-7-16)22(36-27(21)31-23)19-14-29-26(35-19)17-8-9-17/h3-7,11,13-14,17-18H,8-10,12,15H2,1-2H3. The van der Waals surface area contributed by atoms with E-state index in [-0.39, 0.29) is 6.10 Å². The van der Waals surface area contributed by atoms with Crippen molar-refractivity contribution in [2.45, 2.75) is 31.3 Å². The molecule has 1 unspecified atom stereocenters. The topological polar surface area (TPSA) is 82.1 Å². The Morgan fingerprint density at radius 2 is 1.94 bits per heavy atom. The van der Waals surface area contributed by atoms with Crippen LogP contribution in [0.5, 0.6) is 0 Å². The predicted molar refractivity (Wildman–Crippen MR) is 140 cm³/mol. The van der Waals surface area contributed by atoms with Gasteiger partial charge in [-0.3, -0.25) is 0 Å². The zero-order chi connectivity index (χ0) is 24.2. The number of methoxy groups -OCH3 is 1. The molecule has 1 aliphatic heterocycles. The summed E-state index contributed by atoms with van der Waals surface area (Å²) in [6, 6.07) is 10.5. The molecule has 0 amide bonds. The van der Waals surface area contributed by atoms with Crippen molar-refractivity contribution in [2.24, 2.45) is 7.05 Å². The van der Waals surface area contributed by atoms with E-state index in [0.717, 1.165) is 81.9 Å². The van der Waals surface area contributed by atoms with Crippen molar-refractivity contribution in [1.82, 2.24) is 24.5 Å². The van der Waals surface area contributed by atoms with Crippen molar-refractivity contribution in [3.63, 3.8) is 0 Å². The number of aryl methyl sites for hydroxylation is 1. The fraction of sp³-hybridized carbons (Fsp3) is 0.333. The lowest BCUT2D eigenvalue weighted by atomic mass is 10.0. The molecule has 2 fully saturated rings. The maximum Gasteiger partial charge on any atom is 0.199 e. The Kier molecular flexibility index (Phi) is 5.14. The van der Waals surface area contributed by atoms with Crippen LogP contribution in [0.4, 0.5) is 5.82 Å². The lowest BCUT2D eigenvalue weighted by Crippen LogP contribution is -2.23. The third-order valence-corrected chi connectivity index (χ3v) is 8.17. The Morgan fingerprint density at radius 3 is 2.67 bits per heavy atom. The fourth-order valence-electron chi connectivity index (χ4n) is 4.97. The van der Waals surface area contributed by atoms with Gasteiger partial charge in [0, 0.05) is 51.1 Å². The lowest BCUT2D eigenvalue weighted by molar-refractivity contribution is 0.121. The van der Waals surface area contributed by atoms with Crippen molar-refractivity contribution >= 4 is 27.4 Å². The number of nitrogens with zero attached hydrogens (tertiary/aromatic N) is 6. The van der Waals surface area contributed by atoms with Gasteiger partial charge in [-0.05, 0) is 24.8 Å². The van der Waals surface area contributed by atoms with Gasteiger partial charge in [0.05, 0.1) is 22.6 Å². The number of fused-ring (bicyclic) bond motifs is 1. The first-order valence-corrected chi connectivity index (χ1v) is 13.1. The molecule has 5 aromatic rings. The van der Waals surface area contributed by atoms with Crippen molar-refractivity contribution in [1.29, 1.82) is 0 Å². The van der Waals surface area contributed by atoms with Gasteiger partial charge in [-0.15, -0.1) is 11.3 Å². The number of hydrogen-bond acceptors (Lipinski definition) is 8. The molecule has 1 saturated carbocycles. The van der Waals surface area contributed by atoms with Gasteiger partial charge in [-0.25, -0.2) is 19.9 Å². The summed E-state index contributed by atoms with van der Waals surface area (Å²) in [7, 11) is 3.75. The molecular formula is C27H26N6O2S. The van der Waals surface area contributed by atoms with Crippen LogP contribution in [0, 0.1) is 0 Å². The Labute approximate surface area is 212 Å². The van der Waals surface area contributed by atoms with Gasteiger partial charge < -0.3 is 18.6 Å². The maximum atomic E-state index is 6.31. The molecule has 4 aromatic heterocycles. The molecule has 0 radical (unpaired) electrons. The third-order valence-electron chi connectivity index (χ3n) is 7.07. The van der Waals surface area contributed by atoms with Crippen LogP contribution in [0.1, 0.15) is 31.1 Å². The molecular weight excluding hydrogens is 472 g/mol. The number of hydrogen-bond donors (Lipinski definition) is 0. The number of benzene rings is 1. The SMILES string of the molecule is COC1CCN(c2nc(-c3nccn3C)nc3sc(-c4cnc(C5CC5)o4)c(-c4ccccc4)c23)C1. The average molecular weight is 499 g/mol. The Hall–Kier alpha value is -3.56. The van der Waals surface area contributed by atoms with Crippen molar-refractivity contribution in [3.05, 3.63) is 54.8 Å². The van der Waals surface area contributed by atoms with Crippen LogP contribution in [0.3, 0.4) is 0 Å². The van der Waals surface area contributed by atoms with Crippen LogP contribution in [-0.2, 0) is 11.8 Å². The highest BCUT2D eigenvalue weighted by Gasteiger charge is 2.32. The van der Waals surface area contributed by atoms with Crippen LogP contribution in [0.15, 0.2) is 53.3 Å². The normalized spacial score (nSPS) is 17.9. The molecule has 1 atom stereocenters. The van der Waals surface area contributed by atoms with Gasteiger partial charge in [-0.2, -0.15) is 0 Å². The second-order valence-electron chi connectivity index (χ2n) is 9.51. The Morgan fingerprint density at radius 1 is 1.08 bits per heavy atom. The average Bonchev–Trinajstić information content (AvgIpc) is 3.31. The van der Waals surface area contributed by atoms with Crippen LogP contribution in [-0.4, -0.2) is 50.8 Å². The smallest absolute Gasteiger partial charge is 0.199 e. The predicted octanol–water partition coefficient (Wildman–Crippen LogP) is 5.52. The summed E-state index contributed by atoms with van der Waals surface area (Å²) in [5.41, 5.74) is 2.21. The zero-order valence-corrected chi connectivity index (χ0v) is 21.0. The quantitative estimate of drug-likeness (QED) is 0.305. The fourth-order valence-corrected chi connectivity index (χ4v) is 6.11. The molecule has 0 N–H and O–H groups in total. The van der Waals surface area contributed by atoms with E-state index in [4.69, 9.17) is 19.1 Å². The first kappa shape index (κ1) is 21.7. The molecule has 0 spiro atoms. The van der Waals surface area contributed by atoms with Gasteiger partial charge in [0.15, 0.2) is 23.3 Å². The van der Waals surface area contributed by atoms with E-state index >= 15 is 0 Å². The van der Waals surface area contributed by atoms with Crippen LogP contribution in [0.25, 0.3) is 43.6 Å². The minimum absolute atomic E-state index is 0.181. The van der Waals surface area contributed by atoms with E-state index in [2.05, 4.69) is 39.1 Å². The number of ether oxygens (including phenoxy) is 1. The monoisotopic (exact) mass is 498 g/mol. The molecule has 5 heterocycles. The summed E-state index contributed by atoms with van der Waals surface area (Å²) < 4.78 is 14.0. The first-order chi connectivity index (χ1) is 17.7. The van der Waals surface area contributed by atoms with Crippen molar-refractivity contribution in [2.75, 3.05) is 25.1 Å². The molecule has 1 saturated heterocycles. The number of rotatable bonds is 6. The van der Waals surface area contributed by atoms with E-state index < -0.39 is 0 Å². The minimum atomic E-state index is 0.181. The van der Waals surface area contributed by atoms with Crippen LogP contribution < -0.4 is 4.90 Å². The molecule has 182 valence electrons. The Bertz CT molecular complexity index is 1550. The summed E-state index contributed by atoms with van der Waals surface area (Å²) in [4.78, 5) is 23.6. The van der Waals surface area contributed by atoms with Crippen molar-refractivity contribution < 1.29 is 9.15 Å². The van der Waals surface area contributed by atoms with E-state index in [9.17, 15) is 0 Å². The van der Waals surface area contributed by atoms with E-state index in [0.29, 0.717) is 11.7 Å². The molecule has 9 heteroatoms. The molecule has 2 aliphatic rings. The molecule has 36 heavy (non-hydrogen) atoms. The molecule has 0 bridgehead atoms. The summed E-state index contributed by atoms with van der Waals surface area (Å²) >= 11 is 1.63. The number of anilines is 1. The first-order valence-electron chi connectivity index (χ1n) is 12.3. The largest absolute Gasteiger partial charge is 0.440 e. The van der Waals surface area contributed by atoms with Gasteiger partial charge in [0.25, 0.3) is 0 Å². The minimum Gasteiger partial charge on any atom is -0.440 e. The van der Waals surface area contributed by atoms with E-state index in [1.165, 1.54) is 0 Å². The molecule has 1 aromatic carbocycles. The zero-order valence-electron chi connectivity index (χ0n) is 20.2. The maximum absolute atomic E-state index is 6.31.